The minimum absolute atomic E-state index is 0.742. The quantitative estimate of drug-likeness (QED) is 0.238. The molecule has 0 amide bonds. The van der Waals surface area contributed by atoms with Crippen LogP contribution in [0.1, 0.15) is 0 Å². The zero-order valence-electron chi connectivity index (χ0n) is 21.0. The lowest BCUT2D eigenvalue weighted by atomic mass is 9.79. The first-order chi connectivity index (χ1) is 18.7. The molecule has 0 radical (unpaired) electrons. The van der Waals surface area contributed by atoms with Crippen LogP contribution in [-0.4, -0.2) is 0 Å². The number of hydrogen-bond acceptors (Lipinski definition) is 2. The average molecular weight is 489 g/mol. The highest BCUT2D eigenvalue weighted by atomic mass is 14.5. The predicted molar refractivity (Wildman–Crippen MR) is 162 cm³/mol. The highest BCUT2D eigenvalue weighted by Gasteiger charge is 2.23. The maximum absolute atomic E-state index is 6.15. The van der Waals surface area contributed by atoms with Crippen LogP contribution in [0.2, 0.25) is 0 Å². The van der Waals surface area contributed by atoms with E-state index in [0.717, 1.165) is 33.6 Å². The average Bonchev–Trinajstić information content (AvgIpc) is 2.98. The fourth-order valence-electron chi connectivity index (χ4n) is 5.17. The molecule has 38 heavy (non-hydrogen) atoms. The third-order valence-electron chi connectivity index (χ3n) is 6.96. The van der Waals surface area contributed by atoms with Gasteiger partial charge in [-0.25, -0.2) is 0 Å². The van der Waals surface area contributed by atoms with Crippen molar-refractivity contribution in [1.29, 1.82) is 0 Å². The van der Waals surface area contributed by atoms with E-state index in [4.69, 9.17) is 11.5 Å². The Bertz CT molecular complexity index is 1670. The Morgan fingerprint density at radius 3 is 1.00 bits per heavy atom. The zero-order valence-corrected chi connectivity index (χ0v) is 21.0. The first-order valence-corrected chi connectivity index (χ1v) is 12.8. The predicted octanol–water partition coefficient (Wildman–Crippen LogP) is 9.19. The third kappa shape index (κ3) is 4.44. The molecule has 0 aromatic heterocycles. The summed E-state index contributed by atoms with van der Waals surface area (Å²) in [6.45, 7) is 0. The second kappa shape index (κ2) is 10.1. The van der Waals surface area contributed by atoms with Crippen molar-refractivity contribution in [2.24, 2.45) is 0 Å². The van der Waals surface area contributed by atoms with Gasteiger partial charge in [0.15, 0.2) is 0 Å². The van der Waals surface area contributed by atoms with Gasteiger partial charge in [-0.15, -0.1) is 0 Å². The molecule has 6 rings (SSSR count). The van der Waals surface area contributed by atoms with Crippen molar-refractivity contribution in [1.82, 2.24) is 0 Å². The standard InChI is InChI=1S/C36H28N2/c37-30-20-16-28(17-21-30)35-33(26-12-6-2-7-13-26)24-32(25-10-4-1-5-11-25)34(27-14-8-3-9-15-27)36(35)29-18-22-31(38)23-19-29/h1-24H,37-38H2. The summed E-state index contributed by atoms with van der Waals surface area (Å²) in [5, 5.41) is 0. The number of benzene rings is 6. The Kier molecular flexibility index (Phi) is 6.21. The third-order valence-corrected chi connectivity index (χ3v) is 6.96. The van der Waals surface area contributed by atoms with E-state index in [1.807, 2.05) is 24.3 Å². The number of rotatable bonds is 5. The van der Waals surface area contributed by atoms with Crippen molar-refractivity contribution in [2.45, 2.75) is 0 Å². The van der Waals surface area contributed by atoms with E-state index in [0.29, 0.717) is 0 Å². The molecule has 0 saturated carbocycles. The van der Waals surface area contributed by atoms with Crippen LogP contribution in [0, 0.1) is 0 Å². The first-order valence-electron chi connectivity index (χ1n) is 12.8. The van der Waals surface area contributed by atoms with Crippen LogP contribution in [0.25, 0.3) is 55.6 Å². The summed E-state index contributed by atoms with van der Waals surface area (Å²) in [5.41, 5.74) is 25.3. The molecule has 0 aliphatic rings. The van der Waals surface area contributed by atoms with E-state index < -0.39 is 0 Å². The molecule has 6 aromatic rings. The Morgan fingerprint density at radius 2 is 0.605 bits per heavy atom. The molecular formula is C36H28N2. The molecule has 0 heterocycles. The van der Waals surface area contributed by atoms with Crippen molar-refractivity contribution >= 4 is 11.4 Å². The van der Waals surface area contributed by atoms with Crippen LogP contribution in [-0.2, 0) is 0 Å². The van der Waals surface area contributed by atoms with Crippen LogP contribution >= 0.6 is 0 Å². The largest absolute Gasteiger partial charge is 0.399 e. The lowest BCUT2D eigenvalue weighted by Gasteiger charge is -2.24. The molecule has 2 heteroatoms. The lowest BCUT2D eigenvalue weighted by molar-refractivity contribution is 1.53. The lowest BCUT2D eigenvalue weighted by Crippen LogP contribution is -1.98. The summed E-state index contributed by atoms with van der Waals surface area (Å²) in [7, 11) is 0. The van der Waals surface area contributed by atoms with E-state index in [1.165, 1.54) is 33.4 Å². The fourth-order valence-corrected chi connectivity index (χ4v) is 5.17. The molecule has 0 atom stereocenters. The van der Waals surface area contributed by atoms with Gasteiger partial charge in [0.2, 0.25) is 0 Å². The normalized spacial score (nSPS) is 10.8. The second-order valence-electron chi connectivity index (χ2n) is 9.44. The van der Waals surface area contributed by atoms with Crippen LogP contribution in [0.15, 0.2) is 146 Å². The monoisotopic (exact) mass is 488 g/mol. The SMILES string of the molecule is Nc1ccc(-c2c(-c3ccccc3)cc(-c3ccccc3)c(-c3ccccc3)c2-c2ccc(N)cc2)cc1. The van der Waals surface area contributed by atoms with Gasteiger partial charge in [-0.3, -0.25) is 0 Å². The Hall–Kier alpha value is -5.08. The summed E-state index contributed by atoms with van der Waals surface area (Å²) in [5.74, 6) is 0. The van der Waals surface area contributed by atoms with Crippen LogP contribution < -0.4 is 11.5 Å². The summed E-state index contributed by atoms with van der Waals surface area (Å²) in [4.78, 5) is 0. The molecular weight excluding hydrogens is 460 g/mol. The first kappa shape index (κ1) is 23.3. The van der Waals surface area contributed by atoms with Gasteiger partial charge in [0.1, 0.15) is 0 Å². The van der Waals surface area contributed by atoms with Gasteiger partial charge in [0.05, 0.1) is 0 Å². The molecule has 0 fully saturated rings. The van der Waals surface area contributed by atoms with Crippen molar-refractivity contribution in [3.63, 3.8) is 0 Å². The van der Waals surface area contributed by atoms with Crippen LogP contribution in [0.5, 0.6) is 0 Å². The van der Waals surface area contributed by atoms with Crippen LogP contribution in [0.4, 0.5) is 11.4 Å². The van der Waals surface area contributed by atoms with Crippen molar-refractivity contribution < 1.29 is 0 Å². The van der Waals surface area contributed by atoms with E-state index in [-0.39, 0.29) is 0 Å². The minimum atomic E-state index is 0.742. The number of nitrogens with two attached hydrogens (primary N) is 2. The van der Waals surface area contributed by atoms with Crippen molar-refractivity contribution in [3.8, 4) is 55.6 Å². The maximum atomic E-state index is 6.15. The Labute approximate surface area is 223 Å². The summed E-state index contributed by atoms with van der Waals surface area (Å²) < 4.78 is 0. The number of nitrogen functional groups attached to an aromatic ring is 2. The second-order valence-corrected chi connectivity index (χ2v) is 9.44. The Balaban J connectivity index is 1.84. The van der Waals surface area contributed by atoms with Gasteiger partial charge in [-0.1, -0.05) is 115 Å². The molecule has 0 saturated heterocycles. The van der Waals surface area contributed by atoms with E-state index in [2.05, 4.69) is 121 Å². The van der Waals surface area contributed by atoms with Gasteiger partial charge in [0.25, 0.3) is 0 Å². The van der Waals surface area contributed by atoms with E-state index in [1.54, 1.807) is 0 Å². The molecule has 6 aromatic carbocycles. The molecule has 0 spiro atoms. The fraction of sp³-hybridized carbons (Fsp3) is 0. The van der Waals surface area contributed by atoms with Gasteiger partial charge in [0, 0.05) is 11.4 Å². The van der Waals surface area contributed by atoms with Crippen molar-refractivity contribution in [2.75, 3.05) is 11.5 Å². The molecule has 0 unspecified atom stereocenters. The molecule has 0 bridgehead atoms. The van der Waals surface area contributed by atoms with Gasteiger partial charge >= 0.3 is 0 Å². The molecule has 0 aliphatic heterocycles. The number of anilines is 2. The smallest absolute Gasteiger partial charge is 0.0314 e. The van der Waals surface area contributed by atoms with Gasteiger partial charge < -0.3 is 11.5 Å². The van der Waals surface area contributed by atoms with Gasteiger partial charge in [-0.05, 0) is 86.0 Å². The summed E-state index contributed by atoms with van der Waals surface area (Å²) in [6.07, 6.45) is 0. The number of hydrogen-bond donors (Lipinski definition) is 2. The topological polar surface area (TPSA) is 52.0 Å². The van der Waals surface area contributed by atoms with E-state index in [9.17, 15) is 0 Å². The highest BCUT2D eigenvalue weighted by molar-refractivity contribution is 6.07. The van der Waals surface area contributed by atoms with Crippen LogP contribution in [0.3, 0.4) is 0 Å². The molecule has 182 valence electrons. The van der Waals surface area contributed by atoms with E-state index >= 15 is 0 Å². The Morgan fingerprint density at radius 1 is 0.289 bits per heavy atom. The highest BCUT2D eigenvalue weighted by Crippen LogP contribution is 2.50. The summed E-state index contributed by atoms with van der Waals surface area (Å²) >= 11 is 0. The molecule has 0 aliphatic carbocycles. The molecule has 2 nitrogen and oxygen atoms in total. The van der Waals surface area contributed by atoms with Gasteiger partial charge in [-0.2, -0.15) is 0 Å². The van der Waals surface area contributed by atoms with Crippen molar-refractivity contribution in [3.05, 3.63) is 146 Å². The zero-order chi connectivity index (χ0) is 25.9. The maximum Gasteiger partial charge on any atom is 0.0314 e. The summed E-state index contributed by atoms with van der Waals surface area (Å²) in [6, 6.07) is 50.7. The molecule has 4 N–H and O–H groups in total. The minimum Gasteiger partial charge on any atom is -0.399 e.